The van der Waals surface area contributed by atoms with Crippen molar-refractivity contribution in [3.63, 3.8) is 0 Å². The van der Waals surface area contributed by atoms with Crippen molar-refractivity contribution < 1.29 is 9.59 Å². The Morgan fingerprint density at radius 2 is 1.76 bits per heavy atom. The Labute approximate surface area is 126 Å². The molecule has 0 saturated carbocycles. The van der Waals surface area contributed by atoms with Gasteiger partial charge in [0, 0.05) is 19.0 Å². The fourth-order valence-corrected chi connectivity index (χ4v) is 1.79. The Bertz CT molecular complexity index is 446. The molecule has 2 amide bonds. The molecule has 0 radical (unpaired) electrons. The van der Waals surface area contributed by atoms with Crippen LogP contribution in [0.25, 0.3) is 0 Å². The first-order chi connectivity index (χ1) is 9.99. The van der Waals surface area contributed by atoms with Crippen LogP contribution in [0.1, 0.15) is 38.3 Å². The van der Waals surface area contributed by atoms with Crippen molar-refractivity contribution in [1.29, 1.82) is 0 Å². The minimum absolute atomic E-state index is 0.00155. The van der Waals surface area contributed by atoms with Crippen LogP contribution < -0.4 is 16.4 Å². The van der Waals surface area contributed by atoms with Crippen LogP contribution >= 0.6 is 0 Å². The van der Waals surface area contributed by atoms with Crippen LogP contribution in [0.15, 0.2) is 30.3 Å². The first-order valence-corrected chi connectivity index (χ1v) is 7.33. The van der Waals surface area contributed by atoms with E-state index in [4.69, 9.17) is 5.73 Å². The smallest absolute Gasteiger partial charge is 0.239 e. The van der Waals surface area contributed by atoms with E-state index in [2.05, 4.69) is 24.5 Å². The largest absolute Gasteiger partial charge is 0.353 e. The predicted octanol–water partition coefficient (Wildman–Crippen LogP) is 1.36. The highest BCUT2D eigenvalue weighted by atomic mass is 16.2. The highest BCUT2D eigenvalue weighted by molar-refractivity contribution is 5.84. The van der Waals surface area contributed by atoms with Gasteiger partial charge >= 0.3 is 0 Å². The number of amides is 2. The number of benzene rings is 1. The Kier molecular flexibility index (Phi) is 7.46. The number of rotatable bonds is 8. The van der Waals surface area contributed by atoms with Gasteiger partial charge in [-0.05, 0) is 17.9 Å². The molecule has 1 aromatic carbocycles. The second-order valence-corrected chi connectivity index (χ2v) is 5.53. The van der Waals surface area contributed by atoms with Crippen molar-refractivity contribution in [1.82, 2.24) is 10.6 Å². The number of nitrogens with two attached hydrogens (primary N) is 1. The second-order valence-electron chi connectivity index (χ2n) is 5.53. The van der Waals surface area contributed by atoms with Gasteiger partial charge in [-0.25, -0.2) is 0 Å². The Balaban J connectivity index is 2.21. The van der Waals surface area contributed by atoms with Crippen LogP contribution in [0.3, 0.4) is 0 Å². The highest BCUT2D eigenvalue weighted by Gasteiger charge is 2.09. The summed E-state index contributed by atoms with van der Waals surface area (Å²) in [5, 5.41) is 5.33. The molecule has 0 aromatic heterocycles. The summed E-state index contributed by atoms with van der Waals surface area (Å²) in [6.07, 6.45) is 1.28. The number of carbonyl (C=O) groups excluding carboxylic acids is 2. The standard InChI is InChI=1S/C16H25N3O2/c1-12(2)8-9-15(20)19-11-16(21)18-10-14(17)13-6-4-3-5-7-13/h3-7,12,14H,8-11,17H2,1-2H3,(H,18,21)(H,19,20). The summed E-state index contributed by atoms with van der Waals surface area (Å²) >= 11 is 0. The van der Waals surface area contributed by atoms with Gasteiger partial charge in [0.15, 0.2) is 0 Å². The Morgan fingerprint density at radius 1 is 1.10 bits per heavy atom. The molecule has 1 atom stereocenters. The first-order valence-electron chi connectivity index (χ1n) is 7.33. The van der Waals surface area contributed by atoms with Crippen LogP contribution in [0.4, 0.5) is 0 Å². The summed E-state index contributed by atoms with van der Waals surface area (Å²) in [6.45, 7) is 4.47. The molecule has 0 saturated heterocycles. The van der Waals surface area contributed by atoms with Gasteiger partial charge in [0.1, 0.15) is 0 Å². The maximum absolute atomic E-state index is 11.6. The van der Waals surface area contributed by atoms with E-state index in [1.165, 1.54) is 0 Å². The quantitative estimate of drug-likeness (QED) is 0.676. The van der Waals surface area contributed by atoms with Crippen LogP contribution in [-0.2, 0) is 9.59 Å². The molecule has 1 rings (SSSR count). The van der Waals surface area contributed by atoms with E-state index < -0.39 is 0 Å². The zero-order chi connectivity index (χ0) is 15.7. The molecule has 0 aliphatic rings. The summed E-state index contributed by atoms with van der Waals surface area (Å²) in [7, 11) is 0. The van der Waals surface area contributed by atoms with Crippen molar-refractivity contribution >= 4 is 11.8 Å². The van der Waals surface area contributed by atoms with Gasteiger partial charge < -0.3 is 16.4 Å². The van der Waals surface area contributed by atoms with E-state index in [1.807, 2.05) is 30.3 Å². The zero-order valence-corrected chi connectivity index (χ0v) is 12.8. The molecule has 1 unspecified atom stereocenters. The Hall–Kier alpha value is -1.88. The number of hydrogen-bond acceptors (Lipinski definition) is 3. The minimum atomic E-state index is -0.244. The summed E-state index contributed by atoms with van der Waals surface area (Å²) in [5.74, 6) is 0.166. The molecule has 116 valence electrons. The summed E-state index contributed by atoms with van der Waals surface area (Å²) in [6, 6.07) is 9.33. The third-order valence-electron chi connectivity index (χ3n) is 3.14. The molecular weight excluding hydrogens is 266 g/mol. The van der Waals surface area contributed by atoms with E-state index in [0.717, 1.165) is 12.0 Å². The first kappa shape index (κ1) is 17.2. The Morgan fingerprint density at radius 3 is 2.38 bits per heavy atom. The monoisotopic (exact) mass is 291 g/mol. The lowest BCUT2D eigenvalue weighted by Gasteiger charge is -2.13. The van der Waals surface area contributed by atoms with Gasteiger partial charge in [-0.1, -0.05) is 44.2 Å². The molecule has 0 fully saturated rings. The van der Waals surface area contributed by atoms with E-state index in [0.29, 0.717) is 18.9 Å². The normalized spacial score (nSPS) is 12.0. The van der Waals surface area contributed by atoms with Crippen molar-refractivity contribution in [2.24, 2.45) is 11.7 Å². The molecule has 0 spiro atoms. The predicted molar refractivity (Wildman–Crippen MR) is 83.5 cm³/mol. The lowest BCUT2D eigenvalue weighted by atomic mass is 10.1. The minimum Gasteiger partial charge on any atom is -0.353 e. The number of hydrogen-bond donors (Lipinski definition) is 3. The SMILES string of the molecule is CC(C)CCC(=O)NCC(=O)NCC(N)c1ccccc1. The third kappa shape index (κ3) is 7.46. The van der Waals surface area contributed by atoms with E-state index in [-0.39, 0.29) is 24.4 Å². The average Bonchev–Trinajstić information content (AvgIpc) is 2.49. The third-order valence-corrected chi connectivity index (χ3v) is 3.14. The maximum atomic E-state index is 11.6. The van der Waals surface area contributed by atoms with Gasteiger partial charge in [-0.3, -0.25) is 9.59 Å². The molecule has 0 bridgehead atoms. The van der Waals surface area contributed by atoms with E-state index in [1.54, 1.807) is 0 Å². The summed E-state index contributed by atoms with van der Waals surface area (Å²) < 4.78 is 0. The van der Waals surface area contributed by atoms with Gasteiger partial charge in [0.25, 0.3) is 0 Å². The summed E-state index contributed by atoms with van der Waals surface area (Å²) in [4.78, 5) is 23.1. The average molecular weight is 291 g/mol. The molecule has 0 aliphatic heterocycles. The molecule has 0 aliphatic carbocycles. The highest BCUT2D eigenvalue weighted by Crippen LogP contribution is 2.07. The second kappa shape index (κ2) is 9.13. The van der Waals surface area contributed by atoms with Gasteiger partial charge in [-0.2, -0.15) is 0 Å². The van der Waals surface area contributed by atoms with Crippen LogP contribution in [-0.4, -0.2) is 24.9 Å². The molecule has 4 N–H and O–H groups in total. The maximum Gasteiger partial charge on any atom is 0.239 e. The fraction of sp³-hybridized carbons (Fsp3) is 0.500. The fourth-order valence-electron chi connectivity index (χ4n) is 1.79. The number of carbonyl (C=O) groups is 2. The molecule has 5 heteroatoms. The lowest BCUT2D eigenvalue weighted by molar-refractivity contribution is -0.126. The molecule has 0 heterocycles. The van der Waals surface area contributed by atoms with Crippen LogP contribution in [0, 0.1) is 5.92 Å². The van der Waals surface area contributed by atoms with Crippen molar-refractivity contribution in [2.45, 2.75) is 32.7 Å². The van der Waals surface area contributed by atoms with Gasteiger partial charge in [-0.15, -0.1) is 0 Å². The molecule has 21 heavy (non-hydrogen) atoms. The topological polar surface area (TPSA) is 84.2 Å². The van der Waals surface area contributed by atoms with Gasteiger partial charge in [0.05, 0.1) is 6.54 Å². The summed E-state index contributed by atoms with van der Waals surface area (Å²) in [5.41, 5.74) is 6.95. The van der Waals surface area contributed by atoms with E-state index in [9.17, 15) is 9.59 Å². The van der Waals surface area contributed by atoms with E-state index >= 15 is 0 Å². The lowest BCUT2D eigenvalue weighted by Crippen LogP contribution is -2.39. The van der Waals surface area contributed by atoms with Crippen molar-refractivity contribution in [3.05, 3.63) is 35.9 Å². The zero-order valence-electron chi connectivity index (χ0n) is 12.8. The molecule has 5 nitrogen and oxygen atoms in total. The van der Waals surface area contributed by atoms with Crippen LogP contribution in [0.2, 0.25) is 0 Å². The van der Waals surface area contributed by atoms with Crippen molar-refractivity contribution in [3.8, 4) is 0 Å². The molecular formula is C16H25N3O2. The van der Waals surface area contributed by atoms with Crippen molar-refractivity contribution in [2.75, 3.05) is 13.1 Å². The van der Waals surface area contributed by atoms with Gasteiger partial charge in [0.2, 0.25) is 11.8 Å². The molecule has 1 aromatic rings. The number of nitrogens with one attached hydrogen (secondary N) is 2. The van der Waals surface area contributed by atoms with Crippen LogP contribution in [0.5, 0.6) is 0 Å².